The quantitative estimate of drug-likeness (QED) is 0.582. The van der Waals surface area contributed by atoms with Crippen molar-refractivity contribution in [3.63, 3.8) is 0 Å². The zero-order valence-electron chi connectivity index (χ0n) is 8.79. The van der Waals surface area contributed by atoms with E-state index in [1.165, 1.54) is 0 Å². The predicted octanol–water partition coefficient (Wildman–Crippen LogP) is 3.14. The standard InChI is InChI=1S/C12H13ClO2/c1-3-11(14)8(2)12(15)9-6-4-5-7-10(9)13/h4-8H,3H2,1-2H3. The molecule has 0 bridgehead atoms. The van der Waals surface area contributed by atoms with Crippen molar-refractivity contribution in [2.75, 3.05) is 0 Å². The van der Waals surface area contributed by atoms with Gasteiger partial charge in [-0.3, -0.25) is 9.59 Å². The molecule has 1 unspecified atom stereocenters. The number of carbonyl (C=O) groups excluding carboxylic acids is 2. The Bertz CT molecular complexity index is 385. The molecule has 0 heterocycles. The van der Waals surface area contributed by atoms with Crippen LogP contribution in [0.4, 0.5) is 0 Å². The average molecular weight is 225 g/mol. The summed E-state index contributed by atoms with van der Waals surface area (Å²) in [4.78, 5) is 23.2. The molecule has 0 saturated heterocycles. The Morgan fingerprint density at radius 3 is 2.47 bits per heavy atom. The highest BCUT2D eigenvalue weighted by Gasteiger charge is 2.22. The second-order valence-corrected chi connectivity index (χ2v) is 3.79. The third-order valence-electron chi connectivity index (χ3n) is 2.36. The van der Waals surface area contributed by atoms with Gasteiger partial charge in [0.2, 0.25) is 0 Å². The lowest BCUT2D eigenvalue weighted by atomic mass is 9.94. The zero-order chi connectivity index (χ0) is 11.4. The van der Waals surface area contributed by atoms with Crippen LogP contribution in [0.3, 0.4) is 0 Å². The molecule has 2 nitrogen and oxygen atoms in total. The summed E-state index contributed by atoms with van der Waals surface area (Å²) in [6.45, 7) is 3.37. The van der Waals surface area contributed by atoms with Crippen molar-refractivity contribution >= 4 is 23.2 Å². The summed E-state index contributed by atoms with van der Waals surface area (Å²) in [6, 6.07) is 6.79. The van der Waals surface area contributed by atoms with Crippen LogP contribution in [0.1, 0.15) is 30.6 Å². The number of rotatable bonds is 4. The van der Waals surface area contributed by atoms with Crippen LogP contribution < -0.4 is 0 Å². The van der Waals surface area contributed by atoms with E-state index >= 15 is 0 Å². The van der Waals surface area contributed by atoms with E-state index in [2.05, 4.69) is 0 Å². The first-order chi connectivity index (χ1) is 7.07. The van der Waals surface area contributed by atoms with Crippen LogP contribution in [0.25, 0.3) is 0 Å². The molecule has 3 heteroatoms. The van der Waals surface area contributed by atoms with Crippen molar-refractivity contribution in [1.82, 2.24) is 0 Å². The van der Waals surface area contributed by atoms with Gasteiger partial charge in [-0.1, -0.05) is 30.7 Å². The molecule has 1 rings (SSSR count). The monoisotopic (exact) mass is 224 g/mol. The third kappa shape index (κ3) is 2.66. The zero-order valence-corrected chi connectivity index (χ0v) is 9.54. The first kappa shape index (κ1) is 11.9. The number of carbonyl (C=O) groups is 2. The van der Waals surface area contributed by atoms with Crippen LogP contribution in [-0.4, -0.2) is 11.6 Å². The molecule has 1 atom stereocenters. The van der Waals surface area contributed by atoms with Crippen LogP contribution in [0.5, 0.6) is 0 Å². The molecule has 0 amide bonds. The molecule has 15 heavy (non-hydrogen) atoms. The van der Waals surface area contributed by atoms with Gasteiger partial charge in [0.15, 0.2) is 5.78 Å². The molecular formula is C12H13ClO2. The third-order valence-corrected chi connectivity index (χ3v) is 2.69. The second kappa shape index (κ2) is 5.08. The van der Waals surface area contributed by atoms with Gasteiger partial charge in [0.25, 0.3) is 0 Å². The Balaban J connectivity index is 2.95. The number of ketones is 2. The average Bonchev–Trinajstić information content (AvgIpc) is 2.26. The van der Waals surface area contributed by atoms with E-state index in [9.17, 15) is 9.59 Å². The lowest BCUT2D eigenvalue weighted by Gasteiger charge is -2.09. The molecule has 0 aliphatic heterocycles. The minimum absolute atomic E-state index is 0.0556. The van der Waals surface area contributed by atoms with E-state index in [1.807, 2.05) is 0 Å². The van der Waals surface area contributed by atoms with Crippen molar-refractivity contribution < 1.29 is 9.59 Å². The van der Waals surface area contributed by atoms with E-state index in [4.69, 9.17) is 11.6 Å². The fourth-order valence-corrected chi connectivity index (χ4v) is 1.58. The van der Waals surface area contributed by atoms with Crippen molar-refractivity contribution in [2.45, 2.75) is 20.3 Å². The van der Waals surface area contributed by atoms with E-state index in [0.717, 1.165) is 0 Å². The molecule has 0 aliphatic rings. The fraction of sp³-hybridized carbons (Fsp3) is 0.333. The van der Waals surface area contributed by atoms with E-state index < -0.39 is 5.92 Å². The molecule has 0 saturated carbocycles. The minimum Gasteiger partial charge on any atom is -0.299 e. The molecule has 80 valence electrons. The molecular weight excluding hydrogens is 212 g/mol. The van der Waals surface area contributed by atoms with Gasteiger partial charge < -0.3 is 0 Å². The first-order valence-electron chi connectivity index (χ1n) is 4.89. The Morgan fingerprint density at radius 2 is 1.93 bits per heavy atom. The molecule has 0 radical (unpaired) electrons. The normalized spacial score (nSPS) is 12.2. The fourth-order valence-electron chi connectivity index (χ4n) is 1.35. The summed E-state index contributed by atoms with van der Waals surface area (Å²) in [5.41, 5.74) is 0.425. The van der Waals surface area contributed by atoms with Crippen LogP contribution in [0, 0.1) is 5.92 Å². The van der Waals surface area contributed by atoms with Gasteiger partial charge in [0.1, 0.15) is 5.78 Å². The molecule has 1 aromatic carbocycles. The summed E-state index contributed by atoms with van der Waals surface area (Å²) in [5, 5.41) is 0.401. The lowest BCUT2D eigenvalue weighted by molar-refractivity contribution is -0.120. The van der Waals surface area contributed by atoms with Crippen LogP contribution in [0.15, 0.2) is 24.3 Å². The van der Waals surface area contributed by atoms with Gasteiger partial charge in [-0.15, -0.1) is 0 Å². The number of hydrogen-bond donors (Lipinski definition) is 0. The Hall–Kier alpha value is -1.15. The van der Waals surface area contributed by atoms with Gasteiger partial charge in [-0.05, 0) is 19.1 Å². The molecule has 1 aromatic rings. The first-order valence-corrected chi connectivity index (χ1v) is 5.27. The predicted molar refractivity (Wildman–Crippen MR) is 60.2 cm³/mol. The Labute approximate surface area is 94.2 Å². The number of benzene rings is 1. The van der Waals surface area contributed by atoms with Gasteiger partial charge >= 0.3 is 0 Å². The second-order valence-electron chi connectivity index (χ2n) is 3.39. The molecule has 0 spiro atoms. The van der Waals surface area contributed by atoms with Crippen molar-refractivity contribution in [3.05, 3.63) is 34.9 Å². The van der Waals surface area contributed by atoms with Crippen LogP contribution >= 0.6 is 11.6 Å². The summed E-state index contributed by atoms with van der Waals surface area (Å²) < 4.78 is 0. The molecule has 0 N–H and O–H groups in total. The van der Waals surface area contributed by atoms with Crippen molar-refractivity contribution in [1.29, 1.82) is 0 Å². The van der Waals surface area contributed by atoms with Crippen molar-refractivity contribution in [3.8, 4) is 0 Å². The van der Waals surface area contributed by atoms with Gasteiger partial charge in [-0.25, -0.2) is 0 Å². The van der Waals surface area contributed by atoms with Crippen LogP contribution in [-0.2, 0) is 4.79 Å². The summed E-state index contributed by atoms with van der Waals surface area (Å²) in [7, 11) is 0. The highest BCUT2D eigenvalue weighted by atomic mass is 35.5. The minimum atomic E-state index is -0.602. The van der Waals surface area contributed by atoms with Gasteiger partial charge in [0, 0.05) is 12.0 Å². The van der Waals surface area contributed by atoms with Gasteiger partial charge in [-0.2, -0.15) is 0 Å². The van der Waals surface area contributed by atoms with E-state index in [-0.39, 0.29) is 11.6 Å². The highest BCUT2D eigenvalue weighted by Crippen LogP contribution is 2.19. The summed E-state index contributed by atoms with van der Waals surface area (Å²) >= 11 is 5.88. The maximum Gasteiger partial charge on any atom is 0.174 e. The number of hydrogen-bond acceptors (Lipinski definition) is 2. The van der Waals surface area contributed by atoms with E-state index in [0.29, 0.717) is 17.0 Å². The molecule has 0 aliphatic carbocycles. The summed E-state index contributed by atoms with van der Waals surface area (Å²) in [6.07, 6.45) is 0.372. The van der Waals surface area contributed by atoms with Gasteiger partial charge in [0.05, 0.1) is 10.9 Å². The largest absolute Gasteiger partial charge is 0.299 e. The lowest BCUT2D eigenvalue weighted by Crippen LogP contribution is -2.20. The number of Topliss-reactive ketones (excluding diaryl/α,β-unsaturated/α-hetero) is 2. The molecule has 0 fully saturated rings. The van der Waals surface area contributed by atoms with Crippen molar-refractivity contribution in [2.24, 2.45) is 5.92 Å². The van der Waals surface area contributed by atoms with Crippen LogP contribution in [0.2, 0.25) is 5.02 Å². The SMILES string of the molecule is CCC(=O)C(C)C(=O)c1ccccc1Cl. The van der Waals surface area contributed by atoms with E-state index in [1.54, 1.807) is 38.1 Å². The summed E-state index contributed by atoms with van der Waals surface area (Å²) in [5.74, 6) is -0.859. The highest BCUT2D eigenvalue weighted by molar-refractivity contribution is 6.34. The smallest absolute Gasteiger partial charge is 0.174 e. The Morgan fingerprint density at radius 1 is 1.33 bits per heavy atom. The maximum atomic E-state index is 11.9. The molecule has 0 aromatic heterocycles. The maximum absolute atomic E-state index is 11.9. The number of halogens is 1. The topological polar surface area (TPSA) is 34.1 Å². The Kier molecular flexibility index (Phi) is 4.04.